The quantitative estimate of drug-likeness (QED) is 0.654. The molecule has 5 heteroatoms. The zero-order valence-electron chi connectivity index (χ0n) is 7.92. The maximum Gasteiger partial charge on any atom is 0.235 e. The van der Waals surface area contributed by atoms with Crippen molar-refractivity contribution in [1.82, 2.24) is 15.3 Å². The molecule has 0 spiro atoms. The molecule has 1 rings (SSSR count). The van der Waals surface area contributed by atoms with Crippen molar-refractivity contribution in [2.75, 3.05) is 39.1 Å². The van der Waals surface area contributed by atoms with E-state index < -0.39 is 0 Å². The Hall–Kier alpha value is -0.320. The number of nitrogens with zero attached hydrogens (tertiary/aromatic N) is 2. The first-order valence-electron chi connectivity index (χ1n) is 4.51. The van der Waals surface area contributed by atoms with E-state index in [0.717, 1.165) is 26.2 Å². The van der Waals surface area contributed by atoms with Crippen LogP contribution in [0.5, 0.6) is 0 Å². The first-order chi connectivity index (χ1) is 6.22. The van der Waals surface area contributed by atoms with Crippen molar-refractivity contribution >= 4 is 17.5 Å². The van der Waals surface area contributed by atoms with Crippen molar-refractivity contribution in [3.05, 3.63) is 0 Å². The third-order valence-electron chi connectivity index (χ3n) is 2.11. The Morgan fingerprint density at radius 1 is 1.38 bits per heavy atom. The smallest absolute Gasteiger partial charge is 0.235 e. The maximum absolute atomic E-state index is 11.1. The van der Waals surface area contributed by atoms with Gasteiger partial charge in [-0.05, 0) is 7.05 Å². The number of nitrogens with one attached hydrogen (secondary N) is 1. The number of halogens is 1. The predicted molar refractivity (Wildman–Crippen MR) is 52.5 cm³/mol. The lowest BCUT2D eigenvalue weighted by Crippen LogP contribution is -2.52. The Morgan fingerprint density at radius 2 is 2.00 bits per heavy atom. The van der Waals surface area contributed by atoms with Crippen LogP contribution in [-0.4, -0.2) is 54.9 Å². The van der Waals surface area contributed by atoms with E-state index in [1.807, 2.05) is 5.01 Å². The zero-order chi connectivity index (χ0) is 9.68. The number of carbonyl (C=O) groups is 1. The van der Waals surface area contributed by atoms with Crippen LogP contribution in [0, 0.1) is 0 Å². The molecule has 0 aromatic rings. The lowest BCUT2D eigenvalue weighted by molar-refractivity contribution is -0.126. The first kappa shape index (κ1) is 10.8. The number of amides is 1. The van der Waals surface area contributed by atoms with Gasteiger partial charge in [0.15, 0.2) is 0 Å². The van der Waals surface area contributed by atoms with E-state index >= 15 is 0 Å². The summed E-state index contributed by atoms with van der Waals surface area (Å²) in [5, 5.41) is 1.95. The van der Waals surface area contributed by atoms with Gasteiger partial charge < -0.3 is 4.90 Å². The van der Waals surface area contributed by atoms with Gasteiger partial charge in [-0.2, -0.15) is 0 Å². The van der Waals surface area contributed by atoms with E-state index in [1.165, 1.54) is 0 Å². The SMILES string of the molecule is CN1CCN(NC(=O)CCCl)CC1. The highest BCUT2D eigenvalue weighted by atomic mass is 35.5. The Balaban J connectivity index is 2.18. The second-order valence-corrected chi connectivity index (χ2v) is 3.64. The topological polar surface area (TPSA) is 35.6 Å². The van der Waals surface area contributed by atoms with Crippen LogP contribution < -0.4 is 5.43 Å². The molecule has 1 amide bonds. The van der Waals surface area contributed by atoms with E-state index in [4.69, 9.17) is 11.6 Å². The maximum atomic E-state index is 11.1. The Bertz CT molecular complexity index is 169. The van der Waals surface area contributed by atoms with Crippen molar-refractivity contribution in [3.63, 3.8) is 0 Å². The molecule has 1 aliphatic rings. The fourth-order valence-corrected chi connectivity index (χ4v) is 1.41. The van der Waals surface area contributed by atoms with E-state index in [1.54, 1.807) is 0 Å². The highest BCUT2D eigenvalue weighted by molar-refractivity contribution is 6.18. The molecule has 4 nitrogen and oxygen atoms in total. The lowest BCUT2D eigenvalue weighted by Gasteiger charge is -2.32. The largest absolute Gasteiger partial charge is 0.304 e. The van der Waals surface area contributed by atoms with Crippen LogP contribution in [0.15, 0.2) is 0 Å². The van der Waals surface area contributed by atoms with Gasteiger partial charge in [-0.25, -0.2) is 5.01 Å². The van der Waals surface area contributed by atoms with Gasteiger partial charge in [0.1, 0.15) is 0 Å². The molecule has 0 radical (unpaired) electrons. The molecule has 0 aliphatic carbocycles. The lowest BCUT2D eigenvalue weighted by atomic mass is 10.4. The molecule has 0 atom stereocenters. The van der Waals surface area contributed by atoms with Crippen molar-refractivity contribution < 1.29 is 4.79 Å². The number of rotatable bonds is 3. The number of hydrazine groups is 1. The summed E-state index contributed by atoms with van der Waals surface area (Å²) in [6.45, 7) is 3.79. The van der Waals surface area contributed by atoms with Gasteiger partial charge >= 0.3 is 0 Å². The number of likely N-dealkylation sites (N-methyl/N-ethyl adjacent to an activating group) is 1. The van der Waals surface area contributed by atoms with Gasteiger partial charge in [0.2, 0.25) is 5.91 Å². The summed E-state index contributed by atoms with van der Waals surface area (Å²) in [5.74, 6) is 0.402. The van der Waals surface area contributed by atoms with Crippen LogP contribution >= 0.6 is 11.6 Å². The van der Waals surface area contributed by atoms with Gasteiger partial charge in [-0.15, -0.1) is 11.6 Å². The molecule has 1 aliphatic heterocycles. The van der Waals surface area contributed by atoms with Crippen molar-refractivity contribution in [2.24, 2.45) is 0 Å². The molecule has 1 heterocycles. The molecule has 0 aromatic carbocycles. The summed E-state index contributed by atoms with van der Waals surface area (Å²) < 4.78 is 0. The number of hydrogen-bond donors (Lipinski definition) is 1. The molecule has 1 saturated heterocycles. The predicted octanol–water partition coefficient (Wildman–Crippen LogP) is -0.106. The molecular formula is C8H16ClN3O. The summed E-state index contributed by atoms with van der Waals surface area (Å²) in [7, 11) is 2.08. The normalized spacial score (nSPS) is 20.2. The summed E-state index contributed by atoms with van der Waals surface area (Å²) in [6.07, 6.45) is 0.397. The van der Waals surface area contributed by atoms with Crippen molar-refractivity contribution in [2.45, 2.75) is 6.42 Å². The van der Waals surface area contributed by atoms with Crippen LogP contribution in [0.4, 0.5) is 0 Å². The van der Waals surface area contributed by atoms with Crippen LogP contribution in [0.3, 0.4) is 0 Å². The van der Waals surface area contributed by atoms with Gasteiger partial charge in [-0.1, -0.05) is 0 Å². The van der Waals surface area contributed by atoms with E-state index in [2.05, 4.69) is 17.4 Å². The summed E-state index contributed by atoms with van der Waals surface area (Å²) >= 11 is 5.45. The highest BCUT2D eigenvalue weighted by Crippen LogP contribution is 1.96. The molecule has 0 unspecified atom stereocenters. The van der Waals surface area contributed by atoms with Crippen molar-refractivity contribution in [1.29, 1.82) is 0 Å². The van der Waals surface area contributed by atoms with Gasteiger partial charge in [0, 0.05) is 38.5 Å². The number of hydrogen-bond acceptors (Lipinski definition) is 3. The first-order valence-corrected chi connectivity index (χ1v) is 5.05. The molecule has 1 fully saturated rings. The van der Waals surface area contributed by atoms with Crippen LogP contribution in [0.1, 0.15) is 6.42 Å². The molecule has 0 bridgehead atoms. The third kappa shape index (κ3) is 3.93. The van der Waals surface area contributed by atoms with E-state index in [-0.39, 0.29) is 5.91 Å². The second kappa shape index (κ2) is 5.42. The summed E-state index contributed by atoms with van der Waals surface area (Å²) in [6, 6.07) is 0. The molecule has 0 saturated carbocycles. The second-order valence-electron chi connectivity index (χ2n) is 3.26. The average molecular weight is 206 g/mol. The van der Waals surface area contributed by atoms with Crippen LogP contribution in [0.2, 0.25) is 0 Å². The highest BCUT2D eigenvalue weighted by Gasteiger charge is 2.14. The minimum Gasteiger partial charge on any atom is -0.304 e. The van der Waals surface area contributed by atoms with Crippen LogP contribution in [-0.2, 0) is 4.79 Å². The van der Waals surface area contributed by atoms with Crippen molar-refractivity contribution in [3.8, 4) is 0 Å². The molecule has 76 valence electrons. The van der Waals surface area contributed by atoms with E-state index in [9.17, 15) is 4.79 Å². The molecule has 0 aromatic heterocycles. The average Bonchev–Trinajstić information content (AvgIpc) is 2.09. The zero-order valence-corrected chi connectivity index (χ0v) is 8.68. The summed E-state index contributed by atoms with van der Waals surface area (Å²) in [4.78, 5) is 13.4. The monoisotopic (exact) mass is 205 g/mol. The Morgan fingerprint density at radius 3 is 2.54 bits per heavy atom. The number of piperazine rings is 1. The Labute approximate surface area is 83.8 Å². The third-order valence-corrected chi connectivity index (χ3v) is 2.30. The Kier molecular flexibility index (Phi) is 4.48. The molecule has 1 N–H and O–H groups in total. The van der Waals surface area contributed by atoms with E-state index in [0.29, 0.717) is 12.3 Å². The minimum absolute atomic E-state index is 0.0135. The van der Waals surface area contributed by atoms with Gasteiger partial charge in [0.25, 0.3) is 0 Å². The van der Waals surface area contributed by atoms with Gasteiger partial charge in [0.05, 0.1) is 0 Å². The minimum atomic E-state index is 0.0135. The fourth-order valence-electron chi connectivity index (χ4n) is 1.24. The molecule has 13 heavy (non-hydrogen) atoms. The fraction of sp³-hybridized carbons (Fsp3) is 0.875. The standard InChI is InChI=1S/C8H16ClN3O/c1-11-4-6-12(7-5-11)10-8(13)2-3-9/h2-7H2,1H3,(H,10,13). The number of alkyl halides is 1. The van der Waals surface area contributed by atoms with Gasteiger partial charge in [-0.3, -0.25) is 10.2 Å². The molecular weight excluding hydrogens is 190 g/mol. The summed E-state index contributed by atoms with van der Waals surface area (Å²) in [5.41, 5.74) is 2.82. The van der Waals surface area contributed by atoms with Crippen LogP contribution in [0.25, 0.3) is 0 Å². The number of carbonyl (C=O) groups excluding carboxylic acids is 1.